The standard InChI is InChI=1S/C23H25N3O2.2H2O/c27-23(28)21-10-4-9-20-19(16-24-22(20)21)17-26-14-12-25(13-15-26)11-5-8-18-6-2-1-3-7-18;;/h1-10,16,24H,11-15,17H2,(H,27,28);2*1H2/b8-5+;;. The Morgan fingerprint density at radius 2 is 1.67 bits per heavy atom. The number of benzene rings is 2. The highest BCUT2D eigenvalue weighted by atomic mass is 16.4. The zero-order valence-corrected chi connectivity index (χ0v) is 16.8. The smallest absolute Gasteiger partial charge is 0.337 e. The SMILES string of the molecule is O.O.O=C(O)c1cccc2c(CN3CCN(C/C=C/c4ccccc4)CC3)c[nH]c12. The third kappa shape index (κ3) is 5.34. The largest absolute Gasteiger partial charge is 0.478 e. The van der Waals surface area contributed by atoms with E-state index in [-0.39, 0.29) is 11.0 Å². The van der Waals surface area contributed by atoms with Gasteiger partial charge in [-0.2, -0.15) is 0 Å². The van der Waals surface area contributed by atoms with E-state index >= 15 is 0 Å². The molecule has 4 rings (SSSR count). The van der Waals surface area contributed by atoms with E-state index in [0.717, 1.165) is 55.7 Å². The Morgan fingerprint density at radius 3 is 2.37 bits per heavy atom. The summed E-state index contributed by atoms with van der Waals surface area (Å²) in [6.45, 7) is 5.94. The van der Waals surface area contributed by atoms with Gasteiger partial charge in [-0.25, -0.2) is 4.79 Å². The second kappa shape index (κ2) is 10.7. The lowest BCUT2D eigenvalue weighted by Gasteiger charge is -2.34. The third-order valence-electron chi connectivity index (χ3n) is 5.36. The van der Waals surface area contributed by atoms with Crippen LogP contribution in [0.5, 0.6) is 0 Å². The number of para-hydroxylation sites is 1. The van der Waals surface area contributed by atoms with Gasteiger partial charge < -0.3 is 21.0 Å². The van der Waals surface area contributed by atoms with Crippen molar-refractivity contribution in [2.24, 2.45) is 0 Å². The average molecular weight is 412 g/mol. The molecule has 0 radical (unpaired) electrons. The number of carbonyl (C=O) groups is 1. The number of rotatable bonds is 6. The highest BCUT2D eigenvalue weighted by Crippen LogP contribution is 2.23. The number of piperazine rings is 1. The van der Waals surface area contributed by atoms with Gasteiger partial charge in [-0.1, -0.05) is 54.6 Å². The number of fused-ring (bicyclic) bond motifs is 1. The lowest BCUT2D eigenvalue weighted by Crippen LogP contribution is -2.45. The Kier molecular flexibility index (Phi) is 8.32. The van der Waals surface area contributed by atoms with E-state index in [1.807, 2.05) is 24.4 Å². The van der Waals surface area contributed by atoms with Crippen LogP contribution in [0.15, 0.2) is 60.8 Å². The molecule has 0 amide bonds. The summed E-state index contributed by atoms with van der Waals surface area (Å²) in [4.78, 5) is 19.4. The number of hydrogen-bond acceptors (Lipinski definition) is 3. The van der Waals surface area contributed by atoms with Crippen LogP contribution in [-0.2, 0) is 6.54 Å². The zero-order chi connectivity index (χ0) is 19.3. The summed E-state index contributed by atoms with van der Waals surface area (Å²) in [6, 6.07) is 15.8. The second-order valence-corrected chi connectivity index (χ2v) is 7.24. The molecule has 0 spiro atoms. The minimum Gasteiger partial charge on any atom is -0.478 e. The van der Waals surface area contributed by atoms with Gasteiger partial charge in [0.05, 0.1) is 11.1 Å². The fraction of sp³-hybridized carbons (Fsp3) is 0.261. The van der Waals surface area contributed by atoms with Crippen molar-refractivity contribution in [2.75, 3.05) is 32.7 Å². The van der Waals surface area contributed by atoms with Crippen LogP contribution in [0.25, 0.3) is 17.0 Å². The van der Waals surface area contributed by atoms with Crippen molar-refractivity contribution in [3.63, 3.8) is 0 Å². The molecule has 3 aromatic rings. The second-order valence-electron chi connectivity index (χ2n) is 7.24. The monoisotopic (exact) mass is 411 g/mol. The van der Waals surface area contributed by atoms with Crippen molar-refractivity contribution in [1.29, 1.82) is 0 Å². The van der Waals surface area contributed by atoms with Crippen LogP contribution in [0.3, 0.4) is 0 Å². The number of nitrogens with zero attached hydrogens (tertiary/aromatic N) is 2. The molecule has 0 aliphatic carbocycles. The maximum Gasteiger partial charge on any atom is 0.337 e. The summed E-state index contributed by atoms with van der Waals surface area (Å²) in [6.07, 6.45) is 6.36. The summed E-state index contributed by atoms with van der Waals surface area (Å²) >= 11 is 0. The maximum absolute atomic E-state index is 11.4. The predicted octanol–water partition coefficient (Wildman–Crippen LogP) is 2.05. The topological polar surface area (TPSA) is 123 Å². The quantitative estimate of drug-likeness (QED) is 0.644. The molecule has 30 heavy (non-hydrogen) atoms. The molecule has 7 nitrogen and oxygen atoms in total. The molecule has 1 aliphatic heterocycles. The number of carboxylic acids is 1. The van der Waals surface area contributed by atoms with Crippen LogP contribution in [0, 0.1) is 0 Å². The number of nitrogens with one attached hydrogen (secondary N) is 1. The summed E-state index contributed by atoms with van der Waals surface area (Å²) < 4.78 is 0. The molecule has 0 bridgehead atoms. The van der Waals surface area contributed by atoms with Gasteiger partial charge in [-0.3, -0.25) is 9.80 Å². The van der Waals surface area contributed by atoms with Gasteiger partial charge in [0.25, 0.3) is 0 Å². The maximum atomic E-state index is 11.4. The van der Waals surface area contributed by atoms with E-state index in [2.05, 4.69) is 51.2 Å². The van der Waals surface area contributed by atoms with E-state index in [9.17, 15) is 9.90 Å². The minimum atomic E-state index is -0.892. The van der Waals surface area contributed by atoms with Gasteiger partial charge in [-0.15, -0.1) is 0 Å². The average Bonchev–Trinajstić information content (AvgIpc) is 3.13. The Labute approximate surface area is 175 Å². The molecule has 0 saturated carbocycles. The Hall–Kier alpha value is -2.97. The van der Waals surface area contributed by atoms with Crippen molar-refractivity contribution in [1.82, 2.24) is 14.8 Å². The van der Waals surface area contributed by atoms with E-state index < -0.39 is 5.97 Å². The van der Waals surface area contributed by atoms with Crippen LogP contribution in [0.1, 0.15) is 21.5 Å². The minimum absolute atomic E-state index is 0. The first-order chi connectivity index (χ1) is 13.7. The van der Waals surface area contributed by atoms with Crippen molar-refractivity contribution >= 4 is 22.9 Å². The first-order valence-corrected chi connectivity index (χ1v) is 9.69. The molecule has 1 fully saturated rings. The fourth-order valence-electron chi connectivity index (χ4n) is 3.79. The van der Waals surface area contributed by atoms with Crippen molar-refractivity contribution in [2.45, 2.75) is 6.54 Å². The highest BCUT2D eigenvalue weighted by molar-refractivity contribution is 6.02. The number of carboxylic acid groups (broad SMARTS) is 1. The molecule has 2 heterocycles. The third-order valence-corrected chi connectivity index (χ3v) is 5.36. The van der Waals surface area contributed by atoms with E-state index in [4.69, 9.17) is 0 Å². The van der Waals surface area contributed by atoms with Crippen LogP contribution in [0.4, 0.5) is 0 Å². The molecule has 160 valence electrons. The molecular weight excluding hydrogens is 382 g/mol. The molecule has 7 heteroatoms. The highest BCUT2D eigenvalue weighted by Gasteiger charge is 2.18. The van der Waals surface area contributed by atoms with E-state index in [1.54, 1.807) is 6.07 Å². The number of aromatic nitrogens is 1. The predicted molar refractivity (Wildman–Crippen MR) is 120 cm³/mol. The fourth-order valence-corrected chi connectivity index (χ4v) is 3.79. The van der Waals surface area contributed by atoms with E-state index in [1.165, 1.54) is 5.56 Å². The van der Waals surface area contributed by atoms with Crippen molar-refractivity contribution < 1.29 is 20.9 Å². The number of aromatic carboxylic acids is 1. The molecule has 0 atom stereocenters. The summed E-state index contributed by atoms with van der Waals surface area (Å²) in [5, 5.41) is 10.4. The van der Waals surface area contributed by atoms with Gasteiger partial charge in [0.15, 0.2) is 0 Å². The number of aromatic amines is 1. The molecule has 1 aromatic heterocycles. The van der Waals surface area contributed by atoms with Gasteiger partial charge in [0.2, 0.25) is 0 Å². The van der Waals surface area contributed by atoms with E-state index in [0.29, 0.717) is 5.56 Å². The molecule has 1 aliphatic rings. The van der Waals surface area contributed by atoms with Crippen LogP contribution in [-0.4, -0.2) is 69.5 Å². The lowest BCUT2D eigenvalue weighted by atomic mass is 10.1. The van der Waals surface area contributed by atoms with Crippen LogP contribution >= 0.6 is 0 Å². The molecule has 2 aromatic carbocycles. The normalized spacial score (nSPS) is 15.1. The molecule has 1 saturated heterocycles. The summed E-state index contributed by atoms with van der Waals surface area (Å²) in [5.74, 6) is -0.892. The van der Waals surface area contributed by atoms with Crippen molar-refractivity contribution in [3.05, 3.63) is 77.5 Å². The van der Waals surface area contributed by atoms with Gasteiger partial charge in [0, 0.05) is 50.9 Å². The lowest BCUT2D eigenvalue weighted by molar-refractivity contribution is 0.0699. The molecular formula is C23H29N3O4. The van der Waals surface area contributed by atoms with Gasteiger partial charge in [-0.05, 0) is 17.2 Å². The van der Waals surface area contributed by atoms with Gasteiger partial charge >= 0.3 is 5.97 Å². The van der Waals surface area contributed by atoms with Gasteiger partial charge in [0.1, 0.15) is 0 Å². The van der Waals surface area contributed by atoms with Crippen molar-refractivity contribution in [3.8, 4) is 0 Å². The number of H-pyrrole nitrogens is 1. The van der Waals surface area contributed by atoms with Crippen LogP contribution < -0.4 is 0 Å². The first kappa shape index (κ1) is 23.3. The summed E-state index contributed by atoms with van der Waals surface area (Å²) in [7, 11) is 0. The summed E-state index contributed by atoms with van der Waals surface area (Å²) in [5.41, 5.74) is 3.45. The molecule has 0 unspecified atom stereocenters. The van der Waals surface area contributed by atoms with Crippen LogP contribution in [0.2, 0.25) is 0 Å². The number of hydrogen-bond donors (Lipinski definition) is 2. The first-order valence-electron chi connectivity index (χ1n) is 9.69. The Balaban J connectivity index is 0.00000160. The zero-order valence-electron chi connectivity index (χ0n) is 16.8. The Bertz CT molecular complexity index is 977. The Morgan fingerprint density at radius 1 is 0.967 bits per heavy atom. The molecule has 6 N–H and O–H groups in total.